The van der Waals surface area contributed by atoms with Crippen molar-refractivity contribution in [1.29, 1.82) is 0 Å². The van der Waals surface area contributed by atoms with E-state index in [4.69, 9.17) is 10.8 Å². The summed E-state index contributed by atoms with van der Waals surface area (Å²) in [6, 6.07) is -0.343. The number of rotatable bonds is 2. The van der Waals surface area contributed by atoms with Crippen molar-refractivity contribution in [2.75, 3.05) is 6.61 Å². The minimum Gasteiger partial charge on any atom is -0.507 e. The third kappa shape index (κ3) is 1.87. The fraction of sp³-hybridized carbons (Fsp3) is 0.250. The van der Waals surface area contributed by atoms with Crippen LogP contribution in [0.3, 0.4) is 0 Å². The van der Waals surface area contributed by atoms with Gasteiger partial charge < -0.3 is 15.9 Å². The molecule has 0 unspecified atom stereocenters. The van der Waals surface area contributed by atoms with Gasteiger partial charge in [-0.3, -0.25) is 0 Å². The standard InChI is InChI=1S/C8H8BrF2NO2/c9-7-3(10)1-5(14)6(8(7)11)4(12)2-13/h1,4,13-14H,2,12H2/t4-/m1/s1. The van der Waals surface area contributed by atoms with Crippen LogP contribution < -0.4 is 5.73 Å². The van der Waals surface area contributed by atoms with Crippen LogP contribution >= 0.6 is 15.9 Å². The average Bonchev–Trinajstić information content (AvgIpc) is 2.14. The number of halogens is 3. The Morgan fingerprint density at radius 2 is 2.07 bits per heavy atom. The quantitative estimate of drug-likeness (QED) is 0.711. The van der Waals surface area contributed by atoms with Crippen LogP contribution in [0.2, 0.25) is 0 Å². The molecule has 0 heterocycles. The average molecular weight is 268 g/mol. The molecule has 1 rings (SSSR count). The van der Waals surface area contributed by atoms with Crippen molar-refractivity contribution in [1.82, 2.24) is 0 Å². The molecule has 6 heteroatoms. The Kier molecular flexibility index (Phi) is 3.41. The number of hydrogen-bond donors (Lipinski definition) is 3. The third-order valence-corrected chi connectivity index (χ3v) is 2.47. The molecule has 0 aromatic heterocycles. The summed E-state index contributed by atoms with van der Waals surface area (Å²) in [6.07, 6.45) is 0. The van der Waals surface area contributed by atoms with Crippen LogP contribution in [0.1, 0.15) is 11.6 Å². The van der Waals surface area contributed by atoms with Gasteiger partial charge in [-0.15, -0.1) is 0 Å². The molecule has 14 heavy (non-hydrogen) atoms. The van der Waals surface area contributed by atoms with Crippen molar-refractivity contribution in [3.8, 4) is 5.75 Å². The number of aliphatic hydroxyl groups excluding tert-OH is 1. The molecule has 0 spiro atoms. The van der Waals surface area contributed by atoms with E-state index in [9.17, 15) is 13.9 Å². The van der Waals surface area contributed by atoms with E-state index in [0.29, 0.717) is 0 Å². The maximum atomic E-state index is 13.3. The first-order valence-electron chi connectivity index (χ1n) is 3.71. The van der Waals surface area contributed by atoms with Crippen LogP contribution in [0.4, 0.5) is 8.78 Å². The van der Waals surface area contributed by atoms with Gasteiger partial charge in [0.25, 0.3) is 0 Å². The molecule has 0 bridgehead atoms. The molecular formula is C8H8BrF2NO2. The number of benzene rings is 1. The largest absolute Gasteiger partial charge is 0.507 e. The molecule has 1 aromatic carbocycles. The van der Waals surface area contributed by atoms with Crippen molar-refractivity contribution in [2.24, 2.45) is 5.73 Å². The van der Waals surface area contributed by atoms with Crippen LogP contribution in [-0.4, -0.2) is 16.8 Å². The lowest BCUT2D eigenvalue weighted by Gasteiger charge is -2.13. The normalized spacial score (nSPS) is 12.9. The molecule has 0 aliphatic rings. The van der Waals surface area contributed by atoms with Crippen LogP contribution in [0.25, 0.3) is 0 Å². The zero-order chi connectivity index (χ0) is 10.9. The van der Waals surface area contributed by atoms with Gasteiger partial charge in [-0.1, -0.05) is 0 Å². The minimum absolute atomic E-state index is 0.305. The maximum absolute atomic E-state index is 13.3. The molecule has 0 saturated carbocycles. The van der Waals surface area contributed by atoms with Gasteiger partial charge in [-0.25, -0.2) is 8.78 Å². The lowest BCUT2D eigenvalue weighted by molar-refractivity contribution is 0.261. The van der Waals surface area contributed by atoms with Crippen molar-refractivity contribution in [3.63, 3.8) is 0 Å². The smallest absolute Gasteiger partial charge is 0.148 e. The highest BCUT2D eigenvalue weighted by Crippen LogP contribution is 2.32. The predicted molar refractivity (Wildman–Crippen MR) is 49.7 cm³/mol. The van der Waals surface area contributed by atoms with Crippen molar-refractivity contribution >= 4 is 15.9 Å². The van der Waals surface area contributed by atoms with Gasteiger partial charge in [-0.2, -0.15) is 0 Å². The Hall–Kier alpha value is -0.720. The molecule has 0 amide bonds. The lowest BCUT2D eigenvalue weighted by atomic mass is 10.1. The summed E-state index contributed by atoms with van der Waals surface area (Å²) in [7, 11) is 0. The van der Waals surface area contributed by atoms with E-state index in [1.165, 1.54) is 0 Å². The number of nitrogens with two attached hydrogens (primary N) is 1. The molecule has 3 nitrogen and oxygen atoms in total. The van der Waals surface area contributed by atoms with E-state index < -0.39 is 34.5 Å². The lowest BCUT2D eigenvalue weighted by Crippen LogP contribution is -2.17. The summed E-state index contributed by atoms with van der Waals surface area (Å²) in [5, 5.41) is 17.9. The van der Waals surface area contributed by atoms with Gasteiger partial charge in [0, 0.05) is 11.6 Å². The van der Waals surface area contributed by atoms with Gasteiger partial charge in [0.15, 0.2) is 0 Å². The molecule has 0 aliphatic heterocycles. The zero-order valence-electron chi connectivity index (χ0n) is 6.97. The summed E-state index contributed by atoms with van der Waals surface area (Å²) in [4.78, 5) is 0. The molecule has 0 aliphatic carbocycles. The molecule has 1 aromatic rings. The zero-order valence-corrected chi connectivity index (χ0v) is 8.55. The monoisotopic (exact) mass is 267 g/mol. The van der Waals surface area contributed by atoms with E-state index in [2.05, 4.69) is 15.9 Å². The summed E-state index contributed by atoms with van der Waals surface area (Å²) < 4.78 is 25.8. The summed E-state index contributed by atoms with van der Waals surface area (Å²) in [5.74, 6) is -2.53. The topological polar surface area (TPSA) is 66.5 Å². The number of aromatic hydroxyl groups is 1. The summed E-state index contributed by atoms with van der Waals surface area (Å²) >= 11 is 2.66. The molecule has 1 atom stereocenters. The minimum atomic E-state index is -1.08. The van der Waals surface area contributed by atoms with E-state index in [1.54, 1.807) is 0 Å². The number of aliphatic hydroxyl groups is 1. The second-order valence-electron chi connectivity index (χ2n) is 2.71. The molecule has 4 N–H and O–H groups in total. The molecule has 0 fully saturated rings. The highest BCUT2D eigenvalue weighted by atomic mass is 79.9. The van der Waals surface area contributed by atoms with Gasteiger partial charge >= 0.3 is 0 Å². The van der Waals surface area contributed by atoms with Crippen molar-refractivity contribution < 1.29 is 19.0 Å². The van der Waals surface area contributed by atoms with Gasteiger partial charge in [0.2, 0.25) is 0 Å². The predicted octanol–water partition coefficient (Wildman–Crippen LogP) is 1.42. The van der Waals surface area contributed by atoms with Crippen LogP contribution in [0.15, 0.2) is 10.5 Å². The fourth-order valence-electron chi connectivity index (χ4n) is 1.04. The first-order chi connectivity index (χ1) is 6.49. The number of hydrogen-bond acceptors (Lipinski definition) is 3. The Morgan fingerprint density at radius 3 is 2.57 bits per heavy atom. The van der Waals surface area contributed by atoms with Crippen LogP contribution in [0, 0.1) is 11.6 Å². The molecule has 78 valence electrons. The second kappa shape index (κ2) is 4.20. The van der Waals surface area contributed by atoms with Crippen molar-refractivity contribution in [2.45, 2.75) is 6.04 Å². The summed E-state index contributed by atoms with van der Waals surface area (Å²) in [5.41, 5.74) is 5.02. The SMILES string of the molecule is N[C@H](CO)c1c(O)cc(F)c(Br)c1F. The van der Waals surface area contributed by atoms with Gasteiger partial charge in [-0.05, 0) is 15.9 Å². The summed E-state index contributed by atoms with van der Waals surface area (Å²) in [6.45, 7) is -0.539. The van der Waals surface area contributed by atoms with E-state index >= 15 is 0 Å². The molecule has 0 saturated heterocycles. The molecular weight excluding hydrogens is 260 g/mol. The first-order valence-corrected chi connectivity index (χ1v) is 4.51. The second-order valence-corrected chi connectivity index (χ2v) is 3.50. The highest BCUT2D eigenvalue weighted by molar-refractivity contribution is 9.10. The Labute approximate surface area is 87.3 Å². The van der Waals surface area contributed by atoms with Crippen molar-refractivity contribution in [3.05, 3.63) is 27.7 Å². The fourth-order valence-corrected chi connectivity index (χ4v) is 1.37. The third-order valence-electron chi connectivity index (χ3n) is 1.75. The van der Waals surface area contributed by atoms with E-state index in [1.807, 2.05) is 0 Å². The number of phenols is 1. The molecule has 0 radical (unpaired) electrons. The number of phenolic OH excluding ortho intramolecular Hbond substituents is 1. The Bertz CT molecular complexity index is 360. The van der Waals surface area contributed by atoms with Crippen LogP contribution in [0.5, 0.6) is 5.75 Å². The maximum Gasteiger partial charge on any atom is 0.148 e. The van der Waals surface area contributed by atoms with Crippen LogP contribution in [-0.2, 0) is 0 Å². The van der Waals surface area contributed by atoms with E-state index in [-0.39, 0.29) is 5.56 Å². The Morgan fingerprint density at radius 1 is 1.50 bits per heavy atom. The highest BCUT2D eigenvalue weighted by Gasteiger charge is 2.20. The van der Waals surface area contributed by atoms with Gasteiger partial charge in [0.1, 0.15) is 17.4 Å². The Balaban J connectivity index is 3.36. The van der Waals surface area contributed by atoms with Gasteiger partial charge in [0.05, 0.1) is 17.1 Å². The first kappa shape index (κ1) is 11.4. The van der Waals surface area contributed by atoms with E-state index in [0.717, 1.165) is 6.07 Å².